The zero-order valence-electron chi connectivity index (χ0n) is 21.8. The van der Waals surface area contributed by atoms with Gasteiger partial charge in [0.25, 0.3) is 0 Å². The van der Waals surface area contributed by atoms with Crippen molar-refractivity contribution in [2.24, 2.45) is 0 Å². The molecule has 0 bridgehead atoms. The van der Waals surface area contributed by atoms with Crippen LogP contribution in [0.15, 0.2) is 11.6 Å². The highest BCUT2D eigenvalue weighted by atomic mass is 16.8. The topological polar surface area (TPSA) is 92.7 Å². The Morgan fingerprint density at radius 1 is 1.18 bits per heavy atom. The summed E-state index contributed by atoms with van der Waals surface area (Å²) in [5, 5.41) is 8.90. The molecule has 8 nitrogen and oxygen atoms in total. The summed E-state index contributed by atoms with van der Waals surface area (Å²) in [5.41, 5.74) is -0.587. The van der Waals surface area contributed by atoms with E-state index in [-0.39, 0.29) is 37.7 Å². The van der Waals surface area contributed by atoms with Crippen LogP contribution >= 0.6 is 0 Å². The fraction of sp³-hybridized carbons (Fsp3) is 0.808. The van der Waals surface area contributed by atoms with Crippen LogP contribution in [0.1, 0.15) is 73.6 Å². The summed E-state index contributed by atoms with van der Waals surface area (Å²) in [6.07, 6.45) is 4.48. The second-order valence-corrected chi connectivity index (χ2v) is 9.81. The standard InChI is InChI=1S/C26H42O8/c1-8-30-23(28)19(2)16-20-17-26(6,31-18-29-7)21(32-20)13-14-25(5)22(12-10-9-11-15-27)33-24(3,4)34-25/h16,20-22,27H,8,10,12-15,17-18H2,1-7H3/b19-16+/t20-,21+,22+,25+,26-/m1/s1. The minimum atomic E-state index is -0.696. The predicted molar refractivity (Wildman–Crippen MR) is 127 cm³/mol. The predicted octanol–water partition coefficient (Wildman–Crippen LogP) is 3.50. The Balaban J connectivity index is 2.12. The average molecular weight is 483 g/mol. The number of hydrogen-bond acceptors (Lipinski definition) is 8. The van der Waals surface area contributed by atoms with Crippen LogP contribution in [-0.4, -0.2) is 73.5 Å². The van der Waals surface area contributed by atoms with Crippen molar-refractivity contribution in [1.29, 1.82) is 0 Å². The molecule has 0 unspecified atom stereocenters. The number of ether oxygens (including phenoxy) is 6. The molecule has 2 heterocycles. The van der Waals surface area contributed by atoms with Gasteiger partial charge in [0.15, 0.2) is 5.79 Å². The van der Waals surface area contributed by atoms with Gasteiger partial charge in [0.2, 0.25) is 0 Å². The average Bonchev–Trinajstić information content (AvgIpc) is 3.20. The normalized spacial score (nSPS) is 32.9. The molecule has 0 aromatic rings. The fourth-order valence-electron chi connectivity index (χ4n) is 4.80. The van der Waals surface area contributed by atoms with Crippen LogP contribution in [0.4, 0.5) is 0 Å². The molecule has 0 amide bonds. The Labute approximate surface area is 204 Å². The largest absolute Gasteiger partial charge is 0.463 e. The van der Waals surface area contributed by atoms with Gasteiger partial charge in [-0.1, -0.05) is 5.92 Å². The number of methoxy groups -OCH3 is 1. The molecular formula is C26H42O8. The highest BCUT2D eigenvalue weighted by Gasteiger charge is 2.52. The molecule has 0 radical (unpaired) electrons. The summed E-state index contributed by atoms with van der Waals surface area (Å²) in [7, 11) is 1.59. The van der Waals surface area contributed by atoms with E-state index < -0.39 is 17.0 Å². The smallest absolute Gasteiger partial charge is 0.333 e. The molecule has 0 aromatic heterocycles. The van der Waals surface area contributed by atoms with E-state index in [0.717, 1.165) is 0 Å². The molecule has 2 fully saturated rings. The number of carbonyl (C=O) groups excluding carboxylic acids is 1. The fourth-order valence-corrected chi connectivity index (χ4v) is 4.80. The minimum Gasteiger partial charge on any atom is -0.463 e. The third kappa shape index (κ3) is 7.77. The molecule has 194 valence electrons. The zero-order chi connectivity index (χ0) is 25.4. The Kier molecular flexibility index (Phi) is 10.6. The molecule has 0 aromatic carbocycles. The Morgan fingerprint density at radius 3 is 2.56 bits per heavy atom. The first-order valence-corrected chi connectivity index (χ1v) is 12.1. The van der Waals surface area contributed by atoms with E-state index >= 15 is 0 Å². The first-order chi connectivity index (χ1) is 16.0. The highest BCUT2D eigenvalue weighted by Crippen LogP contribution is 2.44. The van der Waals surface area contributed by atoms with Crippen molar-refractivity contribution < 1.29 is 38.3 Å². The molecular weight excluding hydrogens is 440 g/mol. The van der Waals surface area contributed by atoms with E-state index in [1.807, 2.05) is 26.8 Å². The van der Waals surface area contributed by atoms with Gasteiger partial charge in [0, 0.05) is 25.5 Å². The van der Waals surface area contributed by atoms with Gasteiger partial charge in [-0.05, 0) is 66.9 Å². The van der Waals surface area contributed by atoms with Crippen LogP contribution in [0.5, 0.6) is 0 Å². The molecule has 2 rings (SSSR count). The number of esters is 1. The molecule has 8 heteroatoms. The van der Waals surface area contributed by atoms with E-state index in [2.05, 4.69) is 18.8 Å². The van der Waals surface area contributed by atoms with E-state index in [0.29, 0.717) is 44.3 Å². The van der Waals surface area contributed by atoms with Crippen LogP contribution in [0.3, 0.4) is 0 Å². The number of carbonyl (C=O) groups is 1. The Morgan fingerprint density at radius 2 is 1.91 bits per heavy atom. The van der Waals surface area contributed by atoms with Crippen LogP contribution in [0.25, 0.3) is 0 Å². The molecule has 0 spiro atoms. The number of hydrogen-bond donors (Lipinski definition) is 1. The summed E-state index contributed by atoms with van der Waals surface area (Å²) in [6.45, 7) is 11.8. The molecule has 0 saturated carbocycles. The van der Waals surface area contributed by atoms with Crippen LogP contribution in [-0.2, 0) is 33.2 Å². The Hall–Kier alpha value is -1.47. The minimum absolute atomic E-state index is 0.134. The van der Waals surface area contributed by atoms with Gasteiger partial charge in [-0.3, -0.25) is 0 Å². The summed E-state index contributed by atoms with van der Waals surface area (Å²) in [5.74, 6) is 4.61. The molecule has 34 heavy (non-hydrogen) atoms. The SMILES string of the molecule is CCOC(=O)/C(C)=C/[C@@H]1C[C@@](C)(OCOC)[C@H](CC[C@]2(C)OC(C)(C)O[C@H]2CCC#CCO)O1. The third-order valence-electron chi connectivity index (χ3n) is 6.39. The molecule has 2 saturated heterocycles. The number of aliphatic hydroxyl groups is 1. The first-order valence-electron chi connectivity index (χ1n) is 12.1. The molecule has 2 aliphatic heterocycles. The third-order valence-corrected chi connectivity index (χ3v) is 6.39. The van der Waals surface area contributed by atoms with Crippen LogP contribution in [0, 0.1) is 11.8 Å². The lowest BCUT2D eigenvalue weighted by atomic mass is 9.85. The van der Waals surface area contributed by atoms with Crippen LogP contribution in [0.2, 0.25) is 0 Å². The maximum atomic E-state index is 12.1. The monoisotopic (exact) mass is 482 g/mol. The number of rotatable bonds is 11. The summed E-state index contributed by atoms with van der Waals surface area (Å²) >= 11 is 0. The van der Waals surface area contributed by atoms with Crippen molar-refractivity contribution in [2.45, 2.75) is 109 Å². The summed E-state index contributed by atoms with van der Waals surface area (Å²) in [6, 6.07) is 0. The van der Waals surface area contributed by atoms with Crippen LogP contribution < -0.4 is 0 Å². The zero-order valence-corrected chi connectivity index (χ0v) is 21.8. The first kappa shape index (κ1) is 28.8. The molecule has 5 atom stereocenters. The summed E-state index contributed by atoms with van der Waals surface area (Å²) in [4.78, 5) is 12.1. The quantitative estimate of drug-likeness (QED) is 0.207. The summed E-state index contributed by atoms with van der Waals surface area (Å²) < 4.78 is 35.2. The van der Waals surface area contributed by atoms with Gasteiger partial charge in [0.05, 0.1) is 36.1 Å². The second-order valence-electron chi connectivity index (χ2n) is 9.81. The molecule has 2 aliphatic rings. The van der Waals surface area contributed by atoms with E-state index in [9.17, 15) is 4.79 Å². The van der Waals surface area contributed by atoms with Crippen molar-refractivity contribution in [1.82, 2.24) is 0 Å². The van der Waals surface area contributed by atoms with Gasteiger partial charge in [0.1, 0.15) is 13.4 Å². The number of aliphatic hydroxyl groups excluding tert-OH is 1. The van der Waals surface area contributed by atoms with Crippen molar-refractivity contribution in [3.05, 3.63) is 11.6 Å². The molecule has 0 aliphatic carbocycles. The van der Waals surface area contributed by atoms with Gasteiger partial charge >= 0.3 is 5.97 Å². The second kappa shape index (κ2) is 12.5. The van der Waals surface area contributed by atoms with Gasteiger partial charge in [-0.15, -0.1) is 5.92 Å². The van der Waals surface area contributed by atoms with Crippen molar-refractivity contribution in [3.8, 4) is 11.8 Å². The van der Waals surface area contributed by atoms with Crippen molar-refractivity contribution in [2.75, 3.05) is 27.1 Å². The van der Waals surface area contributed by atoms with Gasteiger partial charge < -0.3 is 33.5 Å². The van der Waals surface area contributed by atoms with E-state index in [1.165, 1.54) is 0 Å². The van der Waals surface area contributed by atoms with E-state index in [4.69, 9.17) is 33.5 Å². The van der Waals surface area contributed by atoms with Crippen molar-refractivity contribution >= 4 is 5.97 Å². The maximum absolute atomic E-state index is 12.1. The highest BCUT2D eigenvalue weighted by molar-refractivity contribution is 5.87. The van der Waals surface area contributed by atoms with Gasteiger partial charge in [-0.25, -0.2) is 4.79 Å². The molecule has 1 N–H and O–H groups in total. The van der Waals surface area contributed by atoms with Crippen molar-refractivity contribution in [3.63, 3.8) is 0 Å². The lowest BCUT2D eigenvalue weighted by Gasteiger charge is -2.34. The lowest BCUT2D eigenvalue weighted by molar-refractivity contribution is -0.167. The maximum Gasteiger partial charge on any atom is 0.333 e. The van der Waals surface area contributed by atoms with E-state index in [1.54, 1.807) is 21.0 Å². The Bertz CT molecular complexity index is 766. The van der Waals surface area contributed by atoms with Gasteiger partial charge in [-0.2, -0.15) is 0 Å². The lowest BCUT2D eigenvalue weighted by Crippen LogP contribution is -2.42.